The van der Waals surface area contributed by atoms with Crippen LogP contribution in [-0.4, -0.2) is 0 Å². The molecule has 0 heterocycles. The molecule has 0 spiro atoms. The minimum absolute atomic E-state index is 0. The number of benzene rings is 2. The second-order valence-corrected chi connectivity index (χ2v) is 8.63. The maximum Gasteiger partial charge on any atom is 4.00 e. The van der Waals surface area contributed by atoms with E-state index < -0.39 is 0 Å². The zero-order valence-electron chi connectivity index (χ0n) is 15.7. The van der Waals surface area contributed by atoms with Crippen LogP contribution in [0.25, 0.3) is 21.9 Å². The van der Waals surface area contributed by atoms with Gasteiger partial charge in [0.15, 0.2) is 0 Å². The molecule has 0 aliphatic heterocycles. The molecule has 0 N–H and O–H groups in total. The van der Waals surface area contributed by atoms with Gasteiger partial charge in [0.1, 0.15) is 0 Å². The summed E-state index contributed by atoms with van der Waals surface area (Å²) in [6.45, 7) is 13.8. The van der Waals surface area contributed by atoms with Gasteiger partial charge >= 0.3 is 26.2 Å². The smallest absolute Gasteiger partial charge is 0.168 e. The Labute approximate surface area is 165 Å². The van der Waals surface area contributed by atoms with Gasteiger partial charge in [0, 0.05) is 0 Å². The van der Waals surface area contributed by atoms with E-state index >= 15 is 0 Å². The molecular formula is C23H27Zr+3. The average molecular weight is 395 g/mol. The summed E-state index contributed by atoms with van der Waals surface area (Å²) in [6.07, 6.45) is 0. The van der Waals surface area contributed by atoms with E-state index in [0.29, 0.717) is 0 Å². The first-order valence-corrected chi connectivity index (χ1v) is 8.47. The molecule has 0 unspecified atom stereocenters. The van der Waals surface area contributed by atoms with E-state index in [-0.39, 0.29) is 37.0 Å². The molecule has 120 valence electrons. The third-order valence-electron chi connectivity index (χ3n) is 4.65. The molecule has 0 fully saturated rings. The molecule has 3 aromatic rings. The van der Waals surface area contributed by atoms with Crippen LogP contribution in [0.4, 0.5) is 0 Å². The van der Waals surface area contributed by atoms with Crippen LogP contribution in [0, 0.1) is 0 Å². The quantitative estimate of drug-likeness (QED) is 0.397. The molecule has 0 radical (unpaired) electrons. The Balaban J connectivity index is 0.00000208. The molecule has 3 rings (SSSR count). The maximum atomic E-state index is 2.38. The average Bonchev–Trinajstić information content (AvgIpc) is 2.93. The van der Waals surface area contributed by atoms with Gasteiger partial charge in [-0.2, -0.15) is 12.1 Å². The fraction of sp³-hybridized carbons (Fsp3) is 0.348. The van der Waals surface area contributed by atoms with Gasteiger partial charge in [0.05, 0.1) is 0 Å². The molecule has 0 saturated heterocycles. The molecule has 0 nitrogen and oxygen atoms in total. The summed E-state index contributed by atoms with van der Waals surface area (Å²) in [7, 11) is 0. The van der Waals surface area contributed by atoms with E-state index in [1.165, 1.54) is 33.0 Å². The molecule has 0 aliphatic carbocycles. The second kappa shape index (κ2) is 6.68. The molecule has 0 aromatic heterocycles. The van der Waals surface area contributed by atoms with Gasteiger partial charge in [0.25, 0.3) is 0 Å². The third-order valence-corrected chi connectivity index (χ3v) is 4.65. The van der Waals surface area contributed by atoms with E-state index in [1.54, 1.807) is 0 Å². The van der Waals surface area contributed by atoms with Gasteiger partial charge in [-0.25, -0.2) is 0 Å². The molecule has 0 amide bonds. The molecule has 1 heteroatoms. The van der Waals surface area contributed by atoms with E-state index in [1.807, 2.05) is 0 Å². The van der Waals surface area contributed by atoms with E-state index in [9.17, 15) is 0 Å². The number of hydrogen-bond donors (Lipinski definition) is 0. The molecule has 24 heavy (non-hydrogen) atoms. The van der Waals surface area contributed by atoms with Crippen LogP contribution in [-0.2, 0) is 37.0 Å². The van der Waals surface area contributed by atoms with E-state index in [2.05, 4.69) is 96.1 Å². The Morgan fingerprint density at radius 3 is 1.88 bits per heavy atom. The van der Waals surface area contributed by atoms with E-state index in [0.717, 1.165) is 0 Å². The summed E-state index contributed by atoms with van der Waals surface area (Å²) < 4.78 is 0. The number of hydrogen-bond acceptors (Lipinski definition) is 0. The minimum atomic E-state index is 0. The minimum Gasteiger partial charge on any atom is -0.168 e. The van der Waals surface area contributed by atoms with Crippen LogP contribution in [0.1, 0.15) is 52.7 Å². The Morgan fingerprint density at radius 1 is 0.750 bits per heavy atom. The van der Waals surface area contributed by atoms with Crippen molar-refractivity contribution >= 4 is 10.8 Å². The van der Waals surface area contributed by atoms with Crippen LogP contribution >= 0.6 is 0 Å². The maximum absolute atomic E-state index is 2.38. The van der Waals surface area contributed by atoms with Gasteiger partial charge < -0.3 is 0 Å². The van der Waals surface area contributed by atoms with Gasteiger partial charge in [-0.15, -0.1) is 29.0 Å². The zero-order chi connectivity index (χ0) is 16.8. The largest absolute Gasteiger partial charge is 4.00 e. The molecule has 0 saturated carbocycles. The predicted octanol–water partition coefficient (Wildman–Crippen LogP) is 6.82. The van der Waals surface area contributed by atoms with Crippen molar-refractivity contribution in [2.24, 2.45) is 0 Å². The Bertz CT molecular complexity index is 806. The zero-order valence-corrected chi connectivity index (χ0v) is 18.2. The summed E-state index contributed by atoms with van der Waals surface area (Å²) >= 11 is 0. The first-order chi connectivity index (χ1) is 10.7. The Morgan fingerprint density at radius 2 is 1.33 bits per heavy atom. The van der Waals surface area contributed by atoms with Crippen molar-refractivity contribution < 1.29 is 26.2 Å². The summed E-state index contributed by atoms with van der Waals surface area (Å²) in [6, 6.07) is 20.3. The first kappa shape index (κ1) is 19.3. The summed E-state index contributed by atoms with van der Waals surface area (Å²) in [5, 5.41) is 2.67. The Kier molecular flexibility index (Phi) is 5.36. The molecule has 0 aliphatic rings. The first-order valence-electron chi connectivity index (χ1n) is 8.47. The topological polar surface area (TPSA) is 0 Å². The molecule has 3 aromatic carbocycles. The Hall–Kier alpha value is -1.07. The monoisotopic (exact) mass is 393 g/mol. The van der Waals surface area contributed by atoms with Crippen molar-refractivity contribution in [1.29, 1.82) is 0 Å². The normalized spacial score (nSPS) is 12.2. The summed E-state index contributed by atoms with van der Waals surface area (Å²) in [4.78, 5) is 0. The van der Waals surface area contributed by atoms with Crippen LogP contribution in [0.5, 0.6) is 0 Å². The van der Waals surface area contributed by atoms with Gasteiger partial charge in [-0.3, -0.25) is 0 Å². The fourth-order valence-electron chi connectivity index (χ4n) is 3.06. The number of rotatable bonds is 1. The van der Waals surface area contributed by atoms with Crippen molar-refractivity contribution in [1.82, 2.24) is 0 Å². The number of fused-ring (bicyclic) bond motifs is 1. The second-order valence-electron chi connectivity index (χ2n) is 8.63. The van der Waals surface area contributed by atoms with Crippen molar-refractivity contribution in [3.05, 3.63) is 65.7 Å². The molecule has 0 atom stereocenters. The van der Waals surface area contributed by atoms with Crippen molar-refractivity contribution in [3.63, 3.8) is 0 Å². The standard InChI is InChI=1S/C23H27.Zr/c1-22(2,3)18-13-17(14-19(15-18)23(4,5)6)21-12-8-10-16-9-7-11-20(16)21;/h7-15H,1-6H3;/q-1;+4. The molecular weight excluding hydrogens is 367 g/mol. The third kappa shape index (κ3) is 3.78. The van der Waals surface area contributed by atoms with Crippen LogP contribution in [0.2, 0.25) is 0 Å². The SMILES string of the molecule is CC(C)(C)c1cc(-c2cccc3[cH-]ccc23)cc(C(C)(C)C)c1.[Zr+4]. The van der Waals surface area contributed by atoms with E-state index in [4.69, 9.17) is 0 Å². The van der Waals surface area contributed by atoms with Gasteiger partial charge in [-0.05, 0) is 27.5 Å². The summed E-state index contributed by atoms with van der Waals surface area (Å²) in [5.41, 5.74) is 5.78. The van der Waals surface area contributed by atoms with Crippen LogP contribution < -0.4 is 0 Å². The predicted molar refractivity (Wildman–Crippen MR) is 102 cm³/mol. The van der Waals surface area contributed by atoms with Crippen molar-refractivity contribution in [2.75, 3.05) is 0 Å². The van der Waals surface area contributed by atoms with Gasteiger partial charge in [0.2, 0.25) is 0 Å². The molecule has 0 bridgehead atoms. The van der Waals surface area contributed by atoms with Crippen molar-refractivity contribution in [3.8, 4) is 11.1 Å². The fourth-order valence-corrected chi connectivity index (χ4v) is 3.06. The van der Waals surface area contributed by atoms with Crippen molar-refractivity contribution in [2.45, 2.75) is 52.4 Å². The van der Waals surface area contributed by atoms with Crippen LogP contribution in [0.3, 0.4) is 0 Å². The van der Waals surface area contributed by atoms with Gasteiger partial charge in [-0.1, -0.05) is 71.4 Å². The van der Waals surface area contributed by atoms with Crippen LogP contribution in [0.15, 0.2) is 54.6 Å². The summed E-state index contributed by atoms with van der Waals surface area (Å²) in [5.74, 6) is 0.